The Morgan fingerprint density at radius 1 is 0.500 bits per heavy atom. The molecule has 6 heteroatoms. The number of rotatable bonds is 40. The van der Waals surface area contributed by atoms with E-state index >= 15 is 0 Å². The van der Waals surface area contributed by atoms with Gasteiger partial charge in [-0.15, -0.1) is 0 Å². The topological polar surface area (TPSA) is 63.2 Å². The van der Waals surface area contributed by atoms with Gasteiger partial charge in [-0.05, 0) is 89.2 Å². The summed E-state index contributed by atoms with van der Waals surface area (Å²) >= 11 is 0. The molecule has 1 atom stereocenters. The van der Waals surface area contributed by atoms with Crippen LogP contribution in [0.15, 0.2) is 49.0 Å². The molecule has 0 unspecified atom stereocenters. The second-order valence-electron chi connectivity index (χ2n) is 13.6. The number of carbonyl (C=O) groups is 1. The molecule has 0 fully saturated rings. The Kier molecular flexibility index (Phi) is 41.3. The molecule has 0 spiro atoms. The molecule has 6 nitrogen and oxygen atoms in total. The Morgan fingerprint density at radius 3 is 1.38 bits per heavy atom. The van der Waals surface area contributed by atoms with E-state index in [0.29, 0.717) is 19.8 Å². The van der Waals surface area contributed by atoms with E-state index in [4.69, 9.17) is 23.7 Å². The van der Waals surface area contributed by atoms with Crippen molar-refractivity contribution in [2.24, 2.45) is 0 Å². The first-order chi connectivity index (χ1) is 24.7. The monoisotopic (exact) mass is 705 g/mol. The Balaban J connectivity index is 4.08. The van der Waals surface area contributed by atoms with Crippen molar-refractivity contribution >= 4 is 5.97 Å². The van der Waals surface area contributed by atoms with Crippen LogP contribution in [0.4, 0.5) is 0 Å². The summed E-state index contributed by atoms with van der Waals surface area (Å²) in [5.74, 6) is -0.417. The summed E-state index contributed by atoms with van der Waals surface area (Å²) in [6, 6.07) is 0. The van der Waals surface area contributed by atoms with Gasteiger partial charge in [0.05, 0.1) is 25.7 Å². The average Bonchev–Trinajstić information content (AvgIpc) is 3.12. The standard InChI is InChI=1S/C44H80O6/c1-4-6-8-10-12-14-16-18-20-22-24-26-28-30-32-34-36-47-40-43(41-50-44(45)42-48-39-38-46-3)49-37-35-33-31-29-27-25-23-21-19-17-15-13-11-9-7-5-2/h18-21,34-37,43H,4-17,22-33,38-42H2,1-3H3/b20-18-,21-19-,36-34-,37-35-/t43-/m1/s1. The van der Waals surface area contributed by atoms with Crippen LogP contribution in [0.5, 0.6) is 0 Å². The summed E-state index contributed by atoms with van der Waals surface area (Å²) in [7, 11) is 1.60. The van der Waals surface area contributed by atoms with Crippen LogP contribution in [0.3, 0.4) is 0 Å². The van der Waals surface area contributed by atoms with Crippen molar-refractivity contribution in [2.45, 2.75) is 187 Å². The molecular formula is C44H80O6. The molecule has 0 radical (unpaired) electrons. The molecule has 292 valence electrons. The predicted octanol–water partition coefficient (Wildman–Crippen LogP) is 12.9. The highest BCUT2D eigenvalue weighted by atomic mass is 16.6. The van der Waals surface area contributed by atoms with Crippen LogP contribution in [-0.4, -0.2) is 52.2 Å². The lowest BCUT2D eigenvalue weighted by Gasteiger charge is -2.16. The second-order valence-corrected chi connectivity index (χ2v) is 13.6. The molecule has 0 saturated carbocycles. The Morgan fingerprint density at radius 2 is 0.920 bits per heavy atom. The van der Waals surface area contributed by atoms with Gasteiger partial charge in [0.2, 0.25) is 0 Å². The van der Waals surface area contributed by atoms with Gasteiger partial charge in [-0.25, -0.2) is 4.79 Å². The molecular weight excluding hydrogens is 624 g/mol. The summed E-state index contributed by atoms with van der Waals surface area (Å²) in [6.45, 7) is 5.67. The van der Waals surface area contributed by atoms with Crippen molar-refractivity contribution in [3.05, 3.63) is 49.0 Å². The molecule has 0 aromatic carbocycles. The van der Waals surface area contributed by atoms with Gasteiger partial charge >= 0.3 is 5.97 Å². The fourth-order valence-electron chi connectivity index (χ4n) is 5.50. The third-order valence-corrected chi connectivity index (χ3v) is 8.69. The number of ether oxygens (including phenoxy) is 5. The molecule has 0 bridgehead atoms. The summed E-state index contributed by atoms with van der Waals surface area (Å²) in [4.78, 5) is 12.1. The smallest absolute Gasteiger partial charge is 0.332 e. The number of hydrogen-bond acceptors (Lipinski definition) is 6. The van der Waals surface area contributed by atoms with Crippen molar-refractivity contribution in [3.63, 3.8) is 0 Å². The fourth-order valence-corrected chi connectivity index (χ4v) is 5.50. The number of methoxy groups -OCH3 is 1. The van der Waals surface area contributed by atoms with Gasteiger partial charge in [0.15, 0.2) is 6.10 Å². The molecule has 50 heavy (non-hydrogen) atoms. The van der Waals surface area contributed by atoms with Crippen molar-refractivity contribution in [2.75, 3.05) is 40.1 Å². The molecule has 0 aliphatic rings. The first kappa shape index (κ1) is 48.0. The maximum atomic E-state index is 12.1. The van der Waals surface area contributed by atoms with E-state index in [1.54, 1.807) is 19.6 Å². The largest absolute Gasteiger partial charge is 0.498 e. The first-order valence-corrected chi connectivity index (χ1v) is 20.8. The van der Waals surface area contributed by atoms with E-state index in [1.165, 1.54) is 148 Å². The Hall–Kier alpha value is -2.05. The maximum Gasteiger partial charge on any atom is 0.332 e. The van der Waals surface area contributed by atoms with Gasteiger partial charge in [-0.1, -0.05) is 128 Å². The van der Waals surface area contributed by atoms with Crippen molar-refractivity contribution in [3.8, 4) is 0 Å². The van der Waals surface area contributed by atoms with E-state index in [-0.39, 0.29) is 19.3 Å². The Labute approximate surface area is 309 Å². The molecule has 0 N–H and O–H groups in total. The summed E-state index contributed by atoms with van der Waals surface area (Å²) in [6.07, 6.45) is 49.9. The van der Waals surface area contributed by atoms with Crippen LogP contribution in [-0.2, 0) is 28.5 Å². The normalized spacial score (nSPS) is 12.6. The molecule has 0 heterocycles. The molecule has 0 aliphatic heterocycles. The molecule has 0 saturated heterocycles. The lowest BCUT2D eigenvalue weighted by Crippen LogP contribution is -2.26. The van der Waals surface area contributed by atoms with E-state index in [9.17, 15) is 4.79 Å². The number of unbranched alkanes of at least 4 members (excludes halogenated alkanes) is 22. The quantitative estimate of drug-likeness (QED) is 0.0274. The lowest BCUT2D eigenvalue weighted by atomic mass is 10.1. The number of esters is 1. The molecule has 0 aliphatic carbocycles. The number of hydrogen-bond donors (Lipinski definition) is 0. The second kappa shape index (κ2) is 43.1. The van der Waals surface area contributed by atoms with Crippen molar-refractivity contribution in [1.82, 2.24) is 0 Å². The van der Waals surface area contributed by atoms with Crippen molar-refractivity contribution < 1.29 is 28.5 Å². The minimum atomic E-state index is -0.417. The zero-order chi connectivity index (χ0) is 36.3. The molecule has 0 amide bonds. The summed E-state index contributed by atoms with van der Waals surface area (Å²) < 4.78 is 27.2. The third kappa shape index (κ3) is 40.4. The zero-order valence-electron chi connectivity index (χ0n) is 33.1. The van der Waals surface area contributed by atoms with E-state index in [2.05, 4.69) is 50.3 Å². The molecule has 0 rings (SSSR count). The number of allylic oxidation sites excluding steroid dienone is 6. The zero-order valence-corrected chi connectivity index (χ0v) is 33.1. The highest BCUT2D eigenvalue weighted by Crippen LogP contribution is 2.11. The van der Waals surface area contributed by atoms with E-state index in [1.807, 2.05) is 0 Å². The summed E-state index contributed by atoms with van der Waals surface area (Å²) in [5.41, 5.74) is 0. The predicted molar refractivity (Wildman–Crippen MR) is 212 cm³/mol. The van der Waals surface area contributed by atoms with Crippen molar-refractivity contribution in [1.29, 1.82) is 0 Å². The van der Waals surface area contributed by atoms with Crippen LogP contribution >= 0.6 is 0 Å². The number of carbonyl (C=O) groups excluding carboxylic acids is 1. The SMILES string of the molecule is CCCCCCCC/C=C\CCCCCC/C=C\OC[C@H](COC(=O)COCCOC)O/C=C\CCCCCC/C=C\CCCCCCCC. The molecule has 0 aromatic rings. The minimum absolute atomic E-state index is 0.100. The van der Waals surface area contributed by atoms with E-state index in [0.717, 1.165) is 19.3 Å². The van der Waals surface area contributed by atoms with Gasteiger partial charge < -0.3 is 23.7 Å². The van der Waals surface area contributed by atoms with Gasteiger partial charge in [0, 0.05) is 7.11 Å². The first-order valence-electron chi connectivity index (χ1n) is 20.8. The summed E-state index contributed by atoms with van der Waals surface area (Å²) in [5, 5.41) is 0. The molecule has 0 aromatic heterocycles. The van der Waals surface area contributed by atoms with Crippen LogP contribution in [0.2, 0.25) is 0 Å². The average molecular weight is 705 g/mol. The van der Waals surface area contributed by atoms with Gasteiger partial charge in [0.25, 0.3) is 0 Å². The lowest BCUT2D eigenvalue weighted by molar-refractivity contribution is -0.153. The van der Waals surface area contributed by atoms with Gasteiger partial charge in [-0.3, -0.25) is 0 Å². The van der Waals surface area contributed by atoms with Crippen LogP contribution in [0.25, 0.3) is 0 Å². The van der Waals surface area contributed by atoms with Crippen LogP contribution in [0, 0.1) is 0 Å². The van der Waals surface area contributed by atoms with E-state index < -0.39 is 5.97 Å². The highest BCUT2D eigenvalue weighted by molar-refractivity contribution is 5.70. The fraction of sp³-hybridized carbons (Fsp3) is 0.795. The Bertz CT molecular complexity index is 789. The maximum absolute atomic E-state index is 12.1. The van der Waals surface area contributed by atoms with Gasteiger partial charge in [-0.2, -0.15) is 0 Å². The third-order valence-electron chi connectivity index (χ3n) is 8.69. The van der Waals surface area contributed by atoms with Gasteiger partial charge in [0.1, 0.15) is 19.8 Å². The van der Waals surface area contributed by atoms with Crippen LogP contribution in [0.1, 0.15) is 181 Å². The highest BCUT2D eigenvalue weighted by Gasteiger charge is 2.13. The van der Waals surface area contributed by atoms with Crippen LogP contribution < -0.4 is 0 Å². The minimum Gasteiger partial charge on any atom is -0.498 e.